The third-order valence-electron chi connectivity index (χ3n) is 7.81. The quantitative estimate of drug-likeness (QED) is 0.0215. The summed E-state index contributed by atoms with van der Waals surface area (Å²) in [7, 11) is 0. The van der Waals surface area contributed by atoms with Crippen molar-refractivity contribution in [3.05, 3.63) is 109 Å². The third kappa shape index (κ3) is 39.1. The van der Waals surface area contributed by atoms with E-state index in [1.807, 2.05) is 6.08 Å². The Balaban J connectivity index is 4.58. The number of hydrogen-bond donors (Lipinski definition) is 0. The van der Waals surface area contributed by atoms with Gasteiger partial charge in [-0.05, 0) is 89.9 Å². The molecule has 0 aromatic heterocycles. The van der Waals surface area contributed by atoms with Gasteiger partial charge in [0.1, 0.15) is 13.2 Å². The van der Waals surface area contributed by atoms with E-state index in [1.54, 1.807) is 0 Å². The van der Waals surface area contributed by atoms with E-state index in [2.05, 4.69) is 124 Å². The van der Waals surface area contributed by atoms with Crippen LogP contribution >= 0.6 is 0 Å². The predicted molar refractivity (Wildman–Crippen MR) is 223 cm³/mol. The van der Waals surface area contributed by atoms with Crippen molar-refractivity contribution in [2.24, 2.45) is 0 Å². The molecule has 6 heteroatoms. The number of carbonyl (C=O) groups is 3. The second-order valence-electron chi connectivity index (χ2n) is 12.8. The molecule has 0 spiro atoms. The Morgan fingerprint density at radius 1 is 0.396 bits per heavy atom. The van der Waals surface area contributed by atoms with Gasteiger partial charge in [0.2, 0.25) is 0 Å². The summed E-state index contributed by atoms with van der Waals surface area (Å²) in [6.45, 7) is 6.10. The van der Waals surface area contributed by atoms with Crippen LogP contribution in [0.25, 0.3) is 0 Å². The second-order valence-corrected chi connectivity index (χ2v) is 12.8. The third-order valence-corrected chi connectivity index (χ3v) is 7.81. The molecule has 0 rings (SSSR count). The molecular weight excluding hydrogens is 661 g/mol. The van der Waals surface area contributed by atoms with Crippen LogP contribution in [0.4, 0.5) is 0 Å². The first kappa shape index (κ1) is 49.1. The Kier molecular flexibility index (Phi) is 37.8. The Morgan fingerprint density at radius 2 is 0.792 bits per heavy atom. The Bertz CT molecular complexity index is 1160. The Morgan fingerprint density at radius 3 is 1.32 bits per heavy atom. The SMILES string of the molecule is CC\C=C/C=C\C=C/CCCCCCCC(=O)OCC(COC(=O)CCC/C=C\C/C=C\C/C=C\CC)OC(=O)CCC/C=C\C/C=C\C/C=C\CC. The minimum absolute atomic E-state index is 0.128. The highest BCUT2D eigenvalue weighted by atomic mass is 16.6. The van der Waals surface area contributed by atoms with Gasteiger partial charge in [-0.3, -0.25) is 14.4 Å². The van der Waals surface area contributed by atoms with Gasteiger partial charge in [-0.2, -0.15) is 0 Å². The molecule has 0 aliphatic heterocycles. The highest BCUT2D eigenvalue weighted by molar-refractivity contribution is 5.71. The number of carbonyl (C=O) groups excluding carboxylic acids is 3. The number of allylic oxidation sites excluding steroid dienone is 18. The molecule has 1 atom stereocenters. The molecule has 0 fully saturated rings. The average Bonchev–Trinajstić information content (AvgIpc) is 3.15. The molecule has 0 aromatic rings. The zero-order chi connectivity index (χ0) is 38.7. The summed E-state index contributed by atoms with van der Waals surface area (Å²) >= 11 is 0. The molecule has 6 nitrogen and oxygen atoms in total. The van der Waals surface area contributed by atoms with Gasteiger partial charge in [-0.25, -0.2) is 0 Å². The number of esters is 3. The molecule has 0 aliphatic rings. The fourth-order valence-electron chi connectivity index (χ4n) is 4.84. The largest absolute Gasteiger partial charge is 0.462 e. The second kappa shape index (κ2) is 40.8. The van der Waals surface area contributed by atoms with Crippen molar-refractivity contribution < 1.29 is 28.6 Å². The fraction of sp³-hybridized carbons (Fsp3) is 0.553. The summed E-state index contributed by atoms with van der Waals surface area (Å²) in [6.07, 6.45) is 53.8. The van der Waals surface area contributed by atoms with Crippen molar-refractivity contribution in [1.82, 2.24) is 0 Å². The van der Waals surface area contributed by atoms with Crippen LogP contribution in [-0.2, 0) is 28.6 Å². The maximum Gasteiger partial charge on any atom is 0.306 e. The highest BCUT2D eigenvalue weighted by Crippen LogP contribution is 2.10. The summed E-state index contributed by atoms with van der Waals surface area (Å²) in [4.78, 5) is 37.5. The molecule has 53 heavy (non-hydrogen) atoms. The lowest BCUT2D eigenvalue weighted by molar-refractivity contribution is -0.167. The van der Waals surface area contributed by atoms with E-state index in [9.17, 15) is 14.4 Å². The van der Waals surface area contributed by atoms with Crippen LogP contribution in [0.5, 0.6) is 0 Å². The van der Waals surface area contributed by atoms with Crippen LogP contribution in [0.1, 0.15) is 149 Å². The van der Waals surface area contributed by atoms with E-state index in [1.165, 1.54) is 0 Å². The number of ether oxygens (including phenoxy) is 3. The van der Waals surface area contributed by atoms with Gasteiger partial charge >= 0.3 is 17.9 Å². The van der Waals surface area contributed by atoms with Gasteiger partial charge < -0.3 is 14.2 Å². The maximum absolute atomic E-state index is 12.6. The van der Waals surface area contributed by atoms with Crippen LogP contribution in [0, 0.1) is 0 Å². The van der Waals surface area contributed by atoms with Gasteiger partial charge in [0, 0.05) is 19.3 Å². The lowest BCUT2D eigenvalue weighted by atomic mass is 10.1. The summed E-state index contributed by atoms with van der Waals surface area (Å²) < 4.78 is 16.5. The van der Waals surface area contributed by atoms with Crippen LogP contribution in [-0.4, -0.2) is 37.2 Å². The van der Waals surface area contributed by atoms with Gasteiger partial charge in [0.25, 0.3) is 0 Å². The smallest absolute Gasteiger partial charge is 0.306 e. The first-order valence-electron chi connectivity index (χ1n) is 20.4. The number of hydrogen-bond acceptors (Lipinski definition) is 6. The standard InChI is InChI=1S/C47H72O6/c1-4-7-10-13-16-19-22-23-26-28-31-34-37-40-46(49)52-43-44(53-47(50)41-38-35-32-29-25-21-18-15-12-9-6-3)42-51-45(48)39-36-33-30-27-24-20-17-14-11-8-5-2/h7-13,16-22,27,29-30,32,44H,4-6,14-15,23-26,28,31,33-43H2,1-3H3/b10-7-,11-8-,12-9-,16-13-,20-17-,21-18-,22-19-,30-27-,32-29-. The maximum atomic E-state index is 12.6. The molecule has 0 saturated carbocycles. The topological polar surface area (TPSA) is 78.9 Å². The molecule has 0 aromatic carbocycles. The molecule has 1 unspecified atom stereocenters. The average molecular weight is 733 g/mol. The van der Waals surface area contributed by atoms with Gasteiger partial charge in [0.05, 0.1) is 0 Å². The minimum atomic E-state index is -0.831. The van der Waals surface area contributed by atoms with Crippen molar-refractivity contribution >= 4 is 17.9 Å². The van der Waals surface area contributed by atoms with Gasteiger partial charge in [-0.1, -0.05) is 149 Å². The van der Waals surface area contributed by atoms with Crippen molar-refractivity contribution in [1.29, 1.82) is 0 Å². The van der Waals surface area contributed by atoms with Crippen molar-refractivity contribution in [3.63, 3.8) is 0 Å². The zero-order valence-electron chi connectivity index (χ0n) is 33.5. The van der Waals surface area contributed by atoms with E-state index >= 15 is 0 Å². The molecular formula is C47H72O6. The van der Waals surface area contributed by atoms with E-state index in [-0.39, 0.29) is 38.0 Å². The van der Waals surface area contributed by atoms with Crippen LogP contribution < -0.4 is 0 Å². The minimum Gasteiger partial charge on any atom is -0.462 e. The van der Waals surface area contributed by atoms with Crippen molar-refractivity contribution in [2.45, 2.75) is 155 Å². The van der Waals surface area contributed by atoms with Crippen LogP contribution in [0.15, 0.2) is 109 Å². The molecule has 296 valence electrons. The lowest BCUT2D eigenvalue weighted by Gasteiger charge is -2.18. The fourth-order valence-corrected chi connectivity index (χ4v) is 4.84. The number of unbranched alkanes of at least 4 members (excludes halogenated alkanes) is 7. The molecule has 0 heterocycles. The van der Waals surface area contributed by atoms with Crippen molar-refractivity contribution in [3.8, 4) is 0 Å². The van der Waals surface area contributed by atoms with Crippen LogP contribution in [0.2, 0.25) is 0 Å². The Hall–Kier alpha value is -3.93. The Labute approximate surface area is 323 Å². The normalized spacial score (nSPS) is 13.2. The summed E-state index contributed by atoms with van der Waals surface area (Å²) in [5.74, 6) is -1.08. The van der Waals surface area contributed by atoms with Crippen molar-refractivity contribution in [2.75, 3.05) is 13.2 Å². The number of rotatable bonds is 34. The lowest BCUT2D eigenvalue weighted by Crippen LogP contribution is -2.30. The summed E-state index contributed by atoms with van der Waals surface area (Å²) in [5, 5.41) is 0. The van der Waals surface area contributed by atoms with E-state index in [0.29, 0.717) is 19.3 Å². The molecule has 0 bridgehead atoms. The first-order chi connectivity index (χ1) is 26.0. The summed E-state index contributed by atoms with van der Waals surface area (Å²) in [6, 6.07) is 0. The predicted octanol–water partition coefficient (Wildman–Crippen LogP) is 12.9. The molecule has 0 radical (unpaired) electrons. The molecule has 0 aliphatic carbocycles. The van der Waals surface area contributed by atoms with Gasteiger partial charge in [-0.15, -0.1) is 0 Å². The van der Waals surface area contributed by atoms with E-state index < -0.39 is 12.1 Å². The van der Waals surface area contributed by atoms with E-state index in [4.69, 9.17) is 14.2 Å². The summed E-state index contributed by atoms with van der Waals surface area (Å²) in [5.41, 5.74) is 0. The van der Waals surface area contributed by atoms with E-state index in [0.717, 1.165) is 96.3 Å². The molecule has 0 N–H and O–H groups in total. The molecule has 0 amide bonds. The highest BCUT2D eigenvalue weighted by Gasteiger charge is 2.19. The first-order valence-corrected chi connectivity index (χ1v) is 20.4. The monoisotopic (exact) mass is 733 g/mol. The molecule has 0 saturated heterocycles. The van der Waals surface area contributed by atoms with Gasteiger partial charge in [0.15, 0.2) is 6.10 Å². The zero-order valence-corrected chi connectivity index (χ0v) is 33.5. The van der Waals surface area contributed by atoms with Crippen LogP contribution in [0.3, 0.4) is 0 Å².